The summed E-state index contributed by atoms with van der Waals surface area (Å²) < 4.78 is 10.3. The summed E-state index contributed by atoms with van der Waals surface area (Å²) in [5.74, 6) is 8.09. The Hall–Kier alpha value is -4.16. The van der Waals surface area contributed by atoms with Gasteiger partial charge in [-0.25, -0.2) is 0 Å². The molecule has 39 heavy (non-hydrogen) atoms. The third-order valence-corrected chi connectivity index (χ3v) is 11.8. The molecule has 3 heterocycles. The Balaban J connectivity index is 1.53. The third kappa shape index (κ3) is 3.98. The van der Waals surface area contributed by atoms with Crippen LogP contribution in [0.1, 0.15) is 5.69 Å². The molecular formula is C34H29GeN3O. The maximum atomic E-state index is 6.65. The van der Waals surface area contributed by atoms with Crippen LogP contribution in [0, 0.1) is 6.92 Å². The number of benzene rings is 4. The fraction of sp³-hybridized carbons (Fsp3) is 0.118. The zero-order valence-corrected chi connectivity index (χ0v) is 24.7. The molecule has 0 atom stereocenters. The molecule has 0 saturated carbocycles. The van der Waals surface area contributed by atoms with E-state index < -0.39 is 13.3 Å². The minimum absolute atomic E-state index is 0.852. The van der Waals surface area contributed by atoms with E-state index in [-0.39, 0.29) is 0 Å². The number of para-hydroxylation sites is 2. The van der Waals surface area contributed by atoms with Crippen molar-refractivity contribution in [3.8, 4) is 28.3 Å². The fourth-order valence-electron chi connectivity index (χ4n) is 5.49. The van der Waals surface area contributed by atoms with Crippen LogP contribution in [0.3, 0.4) is 0 Å². The Kier molecular flexibility index (Phi) is 5.49. The van der Waals surface area contributed by atoms with Crippen LogP contribution in [0.5, 0.6) is 0 Å². The number of imidazole rings is 1. The molecule has 7 aromatic rings. The van der Waals surface area contributed by atoms with E-state index in [0.717, 1.165) is 67.0 Å². The van der Waals surface area contributed by atoms with Gasteiger partial charge < -0.3 is 0 Å². The van der Waals surface area contributed by atoms with Crippen molar-refractivity contribution in [1.82, 2.24) is 14.5 Å². The molecule has 190 valence electrons. The number of aryl methyl sites for hydroxylation is 1. The Morgan fingerprint density at radius 2 is 1.46 bits per heavy atom. The summed E-state index contributed by atoms with van der Waals surface area (Å²) in [6, 6.07) is 36.0. The van der Waals surface area contributed by atoms with E-state index in [1.54, 1.807) is 0 Å². The summed E-state index contributed by atoms with van der Waals surface area (Å²) >= 11 is -2.01. The number of furan rings is 1. The predicted molar refractivity (Wildman–Crippen MR) is 165 cm³/mol. The Morgan fingerprint density at radius 3 is 2.21 bits per heavy atom. The molecule has 7 rings (SSSR count). The standard InChI is InChI=1S/C34H29GeN3O/c1-22-32-30(21-29(36-22)23-12-7-5-8-13-23)37-34(38(32)25-14-9-6-10-15-25)28-17-11-16-27-26-19-18-24(35(2,3)4)20-31(26)39-33(27)28/h5-21H,1-4H3. The first-order valence-electron chi connectivity index (χ1n) is 13.4. The molecule has 0 aliphatic carbocycles. The van der Waals surface area contributed by atoms with Crippen LogP contribution in [-0.2, 0) is 0 Å². The van der Waals surface area contributed by atoms with Gasteiger partial charge in [0.05, 0.1) is 0 Å². The van der Waals surface area contributed by atoms with Gasteiger partial charge >= 0.3 is 201 Å². The zero-order valence-electron chi connectivity index (χ0n) is 22.6. The van der Waals surface area contributed by atoms with Gasteiger partial charge in [-0.15, -0.1) is 0 Å². The van der Waals surface area contributed by atoms with Gasteiger partial charge in [-0.1, -0.05) is 30.3 Å². The molecule has 0 aliphatic rings. The summed E-state index contributed by atoms with van der Waals surface area (Å²) in [7, 11) is 0. The first-order valence-corrected chi connectivity index (χ1v) is 20.7. The third-order valence-electron chi connectivity index (χ3n) is 7.50. The van der Waals surface area contributed by atoms with Crippen LogP contribution < -0.4 is 4.40 Å². The Labute approximate surface area is 230 Å². The molecule has 0 N–H and O–H groups in total. The van der Waals surface area contributed by atoms with Crippen molar-refractivity contribution in [2.45, 2.75) is 24.2 Å². The van der Waals surface area contributed by atoms with Crippen molar-refractivity contribution < 1.29 is 4.42 Å². The first-order chi connectivity index (χ1) is 18.9. The molecule has 0 saturated heterocycles. The van der Waals surface area contributed by atoms with Gasteiger partial charge in [-0.2, -0.15) is 0 Å². The molecule has 4 nitrogen and oxygen atoms in total. The summed E-state index contributed by atoms with van der Waals surface area (Å²) in [6.07, 6.45) is 0. The number of hydrogen-bond donors (Lipinski definition) is 0. The molecule has 0 radical (unpaired) electrons. The van der Waals surface area contributed by atoms with Crippen molar-refractivity contribution in [3.63, 3.8) is 0 Å². The molecule has 5 heteroatoms. The summed E-state index contributed by atoms with van der Waals surface area (Å²) in [5.41, 5.74) is 8.70. The molecule has 0 fully saturated rings. The van der Waals surface area contributed by atoms with E-state index in [1.807, 2.05) is 24.3 Å². The van der Waals surface area contributed by atoms with E-state index in [9.17, 15) is 0 Å². The summed E-state index contributed by atoms with van der Waals surface area (Å²) in [6.45, 7) is 2.07. The van der Waals surface area contributed by atoms with Crippen LogP contribution >= 0.6 is 0 Å². The fourth-order valence-corrected chi connectivity index (χ4v) is 7.89. The number of fused-ring (bicyclic) bond motifs is 4. The van der Waals surface area contributed by atoms with Gasteiger partial charge in [-0.05, 0) is 0 Å². The Bertz CT molecular complexity index is 2000. The van der Waals surface area contributed by atoms with Crippen LogP contribution in [0.25, 0.3) is 61.3 Å². The van der Waals surface area contributed by atoms with Gasteiger partial charge in [0.15, 0.2) is 0 Å². The van der Waals surface area contributed by atoms with Crippen LogP contribution in [-0.4, -0.2) is 27.8 Å². The number of rotatable bonds is 4. The van der Waals surface area contributed by atoms with E-state index in [0.29, 0.717) is 0 Å². The number of nitrogens with zero attached hydrogens (tertiary/aromatic N) is 3. The SMILES string of the molecule is Cc1nc(-c2ccccc2)cc2nc(-c3cccc4c3oc3c[c]([Ge]([CH3])([CH3])[CH3])ccc34)n(-c3ccccc3)c12. The van der Waals surface area contributed by atoms with E-state index in [4.69, 9.17) is 14.4 Å². The van der Waals surface area contributed by atoms with E-state index >= 15 is 0 Å². The maximum absolute atomic E-state index is 6.65. The summed E-state index contributed by atoms with van der Waals surface area (Å²) in [5, 5.41) is 2.26. The predicted octanol–water partition coefficient (Wildman–Crippen LogP) is 8.51. The van der Waals surface area contributed by atoms with Gasteiger partial charge in [-0.3, -0.25) is 0 Å². The van der Waals surface area contributed by atoms with Crippen molar-refractivity contribution in [2.75, 3.05) is 0 Å². The monoisotopic (exact) mass is 569 g/mol. The van der Waals surface area contributed by atoms with Gasteiger partial charge in [0.1, 0.15) is 0 Å². The number of pyridine rings is 1. The molecule has 0 spiro atoms. The molecule has 0 aliphatic heterocycles. The summed E-state index contributed by atoms with van der Waals surface area (Å²) in [4.78, 5) is 10.3. The molecule has 0 bridgehead atoms. The molecule has 0 unspecified atom stereocenters. The van der Waals surface area contributed by atoms with Crippen LogP contribution in [0.15, 0.2) is 108 Å². The second-order valence-electron chi connectivity index (χ2n) is 11.2. The van der Waals surface area contributed by atoms with Gasteiger partial charge in [0, 0.05) is 0 Å². The number of hydrogen-bond acceptors (Lipinski definition) is 3. The Morgan fingerprint density at radius 1 is 0.718 bits per heavy atom. The molecular weight excluding hydrogens is 539 g/mol. The zero-order chi connectivity index (χ0) is 26.7. The quantitative estimate of drug-likeness (QED) is 0.200. The van der Waals surface area contributed by atoms with E-state index in [2.05, 4.69) is 108 Å². The van der Waals surface area contributed by atoms with Crippen LogP contribution in [0.2, 0.25) is 17.3 Å². The second kappa shape index (κ2) is 8.96. The van der Waals surface area contributed by atoms with Gasteiger partial charge in [0.2, 0.25) is 0 Å². The average molecular weight is 568 g/mol. The number of aromatic nitrogens is 3. The average Bonchev–Trinajstić information content (AvgIpc) is 3.52. The normalized spacial score (nSPS) is 12.1. The minimum atomic E-state index is -2.01. The molecule has 3 aromatic heterocycles. The van der Waals surface area contributed by atoms with Crippen molar-refractivity contribution >= 4 is 50.6 Å². The topological polar surface area (TPSA) is 43.9 Å². The van der Waals surface area contributed by atoms with Crippen molar-refractivity contribution in [3.05, 3.63) is 109 Å². The molecule has 0 amide bonds. The van der Waals surface area contributed by atoms with Crippen molar-refractivity contribution in [1.29, 1.82) is 0 Å². The second-order valence-corrected chi connectivity index (χ2v) is 21.8. The molecule has 4 aromatic carbocycles. The van der Waals surface area contributed by atoms with Crippen molar-refractivity contribution in [2.24, 2.45) is 0 Å². The van der Waals surface area contributed by atoms with E-state index in [1.165, 1.54) is 4.40 Å². The first kappa shape index (κ1) is 23.9. The van der Waals surface area contributed by atoms with Crippen LogP contribution in [0.4, 0.5) is 0 Å². The van der Waals surface area contributed by atoms with Gasteiger partial charge in [0.25, 0.3) is 0 Å².